The number of esters is 2. The van der Waals surface area contributed by atoms with E-state index in [4.69, 9.17) is 9.47 Å². The molecule has 0 bridgehead atoms. The van der Waals surface area contributed by atoms with Crippen molar-refractivity contribution in [3.8, 4) is 5.69 Å². The molecule has 0 radical (unpaired) electrons. The predicted octanol–water partition coefficient (Wildman–Crippen LogP) is 3.42. The summed E-state index contributed by atoms with van der Waals surface area (Å²) >= 11 is 0. The summed E-state index contributed by atoms with van der Waals surface area (Å²) in [6, 6.07) is 5.75. The molecule has 144 valence electrons. The van der Waals surface area contributed by atoms with Crippen LogP contribution in [0, 0.1) is 27.7 Å². The van der Waals surface area contributed by atoms with Gasteiger partial charge in [0.15, 0.2) is 0 Å². The van der Waals surface area contributed by atoms with E-state index in [0.29, 0.717) is 11.4 Å². The minimum absolute atomic E-state index is 0.129. The number of aryl methyl sites for hydroxylation is 1. The SMILES string of the molecule is CCOC(=O)c1c(C)n(-c2cccc(C)c2C)c(C)c(C(=O)OCC)c1=O. The Morgan fingerprint density at radius 2 is 1.37 bits per heavy atom. The van der Waals surface area contributed by atoms with Crippen LogP contribution in [0.2, 0.25) is 0 Å². The average Bonchev–Trinajstić information content (AvgIpc) is 2.59. The molecule has 2 rings (SSSR count). The maximum absolute atomic E-state index is 13.0. The van der Waals surface area contributed by atoms with Crippen molar-refractivity contribution < 1.29 is 19.1 Å². The lowest BCUT2D eigenvalue weighted by molar-refractivity contribution is 0.0519. The summed E-state index contributed by atoms with van der Waals surface area (Å²) in [6.45, 7) is 10.9. The van der Waals surface area contributed by atoms with E-state index in [1.54, 1.807) is 32.3 Å². The van der Waals surface area contributed by atoms with Crippen molar-refractivity contribution >= 4 is 11.9 Å². The second-order valence-corrected chi connectivity index (χ2v) is 6.25. The standard InChI is InChI=1S/C21H25NO5/c1-7-26-20(24)17-14(5)22(16-11-9-10-12(3)13(16)4)15(6)18(19(17)23)21(25)27-8-2/h9-11H,7-8H2,1-6H3. The van der Waals surface area contributed by atoms with Crippen LogP contribution >= 0.6 is 0 Å². The van der Waals surface area contributed by atoms with Crippen molar-refractivity contribution in [3.63, 3.8) is 0 Å². The van der Waals surface area contributed by atoms with E-state index in [0.717, 1.165) is 16.8 Å². The lowest BCUT2D eigenvalue weighted by Gasteiger charge is -2.22. The van der Waals surface area contributed by atoms with Crippen LogP contribution in [0.3, 0.4) is 0 Å². The number of rotatable bonds is 5. The highest BCUT2D eigenvalue weighted by atomic mass is 16.5. The summed E-state index contributed by atoms with van der Waals surface area (Å²) in [5.41, 5.74) is 2.73. The first-order chi connectivity index (χ1) is 12.8. The van der Waals surface area contributed by atoms with Crippen LogP contribution < -0.4 is 5.43 Å². The van der Waals surface area contributed by atoms with Crippen LogP contribution in [0.1, 0.15) is 57.1 Å². The van der Waals surface area contributed by atoms with E-state index < -0.39 is 17.4 Å². The quantitative estimate of drug-likeness (QED) is 0.753. The van der Waals surface area contributed by atoms with Crippen LogP contribution in [0.5, 0.6) is 0 Å². The van der Waals surface area contributed by atoms with Crippen molar-refractivity contribution in [2.24, 2.45) is 0 Å². The zero-order valence-electron chi connectivity index (χ0n) is 16.6. The minimum atomic E-state index is -0.746. The van der Waals surface area contributed by atoms with Gasteiger partial charge in [0.2, 0.25) is 5.43 Å². The van der Waals surface area contributed by atoms with Gasteiger partial charge in [0.05, 0.1) is 13.2 Å². The van der Waals surface area contributed by atoms with E-state index in [1.165, 1.54) is 0 Å². The molecule has 0 N–H and O–H groups in total. The van der Waals surface area contributed by atoms with Gasteiger partial charge < -0.3 is 14.0 Å². The molecule has 6 heteroatoms. The third-order valence-corrected chi connectivity index (χ3v) is 4.62. The Bertz CT molecular complexity index is 908. The molecule has 0 spiro atoms. The Labute approximate surface area is 158 Å². The highest BCUT2D eigenvalue weighted by Crippen LogP contribution is 2.24. The fraction of sp³-hybridized carbons (Fsp3) is 0.381. The lowest BCUT2D eigenvalue weighted by Crippen LogP contribution is -2.31. The van der Waals surface area contributed by atoms with Crippen molar-refractivity contribution in [2.45, 2.75) is 41.5 Å². The van der Waals surface area contributed by atoms with E-state index in [9.17, 15) is 14.4 Å². The topological polar surface area (TPSA) is 74.6 Å². The van der Waals surface area contributed by atoms with Gasteiger partial charge in [0, 0.05) is 17.1 Å². The first-order valence-corrected chi connectivity index (χ1v) is 8.93. The largest absolute Gasteiger partial charge is 0.462 e. The van der Waals surface area contributed by atoms with Crippen molar-refractivity contribution in [1.82, 2.24) is 4.57 Å². The van der Waals surface area contributed by atoms with Crippen LogP contribution in [0.4, 0.5) is 0 Å². The van der Waals surface area contributed by atoms with Crippen molar-refractivity contribution in [2.75, 3.05) is 13.2 Å². The first kappa shape index (κ1) is 20.4. The fourth-order valence-electron chi connectivity index (χ4n) is 3.16. The highest BCUT2D eigenvalue weighted by molar-refractivity contribution is 5.96. The molecule has 0 unspecified atom stereocenters. The van der Waals surface area contributed by atoms with Gasteiger partial charge in [0.1, 0.15) is 11.1 Å². The van der Waals surface area contributed by atoms with Gasteiger partial charge in [-0.25, -0.2) is 9.59 Å². The molecule has 27 heavy (non-hydrogen) atoms. The summed E-state index contributed by atoms with van der Waals surface area (Å²) in [5.74, 6) is -1.49. The molecular weight excluding hydrogens is 346 g/mol. The summed E-state index contributed by atoms with van der Waals surface area (Å²) in [6.07, 6.45) is 0. The smallest absolute Gasteiger partial charge is 0.343 e. The Balaban J connectivity index is 2.95. The first-order valence-electron chi connectivity index (χ1n) is 8.93. The molecule has 0 saturated heterocycles. The third-order valence-electron chi connectivity index (χ3n) is 4.62. The third kappa shape index (κ3) is 3.65. The zero-order valence-corrected chi connectivity index (χ0v) is 16.6. The van der Waals surface area contributed by atoms with Gasteiger partial charge in [-0.3, -0.25) is 4.79 Å². The number of ether oxygens (including phenoxy) is 2. The molecule has 0 amide bonds. The minimum Gasteiger partial charge on any atom is -0.462 e. The summed E-state index contributed by atoms with van der Waals surface area (Å²) in [7, 11) is 0. The molecule has 2 aromatic rings. The van der Waals surface area contributed by atoms with Gasteiger partial charge in [-0.1, -0.05) is 12.1 Å². The number of carbonyl (C=O) groups is 2. The van der Waals surface area contributed by atoms with E-state index in [1.807, 2.05) is 32.0 Å². The Morgan fingerprint density at radius 1 is 0.889 bits per heavy atom. The van der Waals surface area contributed by atoms with Gasteiger partial charge in [-0.05, 0) is 58.7 Å². The summed E-state index contributed by atoms with van der Waals surface area (Å²) < 4.78 is 11.9. The zero-order chi connectivity index (χ0) is 20.3. The molecule has 0 aliphatic carbocycles. The molecule has 1 aromatic carbocycles. The van der Waals surface area contributed by atoms with Crippen molar-refractivity contribution in [3.05, 3.63) is 62.1 Å². The number of nitrogens with zero attached hydrogens (tertiary/aromatic N) is 1. The fourth-order valence-corrected chi connectivity index (χ4v) is 3.16. The van der Waals surface area contributed by atoms with Gasteiger partial charge in [-0.15, -0.1) is 0 Å². The van der Waals surface area contributed by atoms with Crippen LogP contribution in [-0.4, -0.2) is 29.7 Å². The molecular formula is C21H25NO5. The van der Waals surface area contributed by atoms with Gasteiger partial charge >= 0.3 is 11.9 Å². The van der Waals surface area contributed by atoms with Crippen LogP contribution in [-0.2, 0) is 9.47 Å². The number of pyridine rings is 1. The van der Waals surface area contributed by atoms with E-state index in [-0.39, 0.29) is 24.3 Å². The second-order valence-electron chi connectivity index (χ2n) is 6.25. The Kier molecular flexibility index (Phi) is 6.20. The highest BCUT2D eigenvalue weighted by Gasteiger charge is 2.28. The maximum atomic E-state index is 13.0. The molecule has 0 atom stereocenters. The monoisotopic (exact) mass is 371 g/mol. The van der Waals surface area contributed by atoms with Crippen LogP contribution in [0.25, 0.3) is 5.69 Å². The number of hydrogen-bond acceptors (Lipinski definition) is 5. The lowest BCUT2D eigenvalue weighted by atomic mass is 10.0. The number of aromatic nitrogens is 1. The number of carbonyl (C=O) groups excluding carboxylic acids is 2. The maximum Gasteiger partial charge on any atom is 0.343 e. The normalized spacial score (nSPS) is 10.6. The predicted molar refractivity (Wildman–Crippen MR) is 103 cm³/mol. The van der Waals surface area contributed by atoms with Crippen molar-refractivity contribution in [1.29, 1.82) is 0 Å². The van der Waals surface area contributed by atoms with E-state index in [2.05, 4.69) is 0 Å². The number of benzene rings is 1. The molecule has 0 fully saturated rings. The Morgan fingerprint density at radius 3 is 1.81 bits per heavy atom. The summed E-state index contributed by atoms with van der Waals surface area (Å²) in [4.78, 5) is 37.9. The molecule has 1 heterocycles. The molecule has 0 aliphatic rings. The molecule has 0 aliphatic heterocycles. The average molecular weight is 371 g/mol. The molecule has 0 saturated carbocycles. The van der Waals surface area contributed by atoms with Gasteiger partial charge in [-0.2, -0.15) is 0 Å². The van der Waals surface area contributed by atoms with Crippen LogP contribution in [0.15, 0.2) is 23.0 Å². The second kappa shape index (κ2) is 8.20. The molecule has 1 aromatic heterocycles. The van der Waals surface area contributed by atoms with Gasteiger partial charge in [0.25, 0.3) is 0 Å². The summed E-state index contributed by atoms with van der Waals surface area (Å²) in [5, 5.41) is 0. The van der Waals surface area contributed by atoms with E-state index >= 15 is 0 Å². The number of hydrogen-bond donors (Lipinski definition) is 0. The molecule has 6 nitrogen and oxygen atoms in total. The Hall–Kier alpha value is -2.89.